The van der Waals surface area contributed by atoms with E-state index in [2.05, 4.69) is 20.3 Å². The molecule has 0 radical (unpaired) electrons. The van der Waals surface area contributed by atoms with E-state index < -0.39 is 0 Å². The van der Waals surface area contributed by atoms with Crippen LogP contribution in [-0.4, -0.2) is 49.4 Å². The van der Waals surface area contributed by atoms with Gasteiger partial charge in [-0.15, -0.1) is 5.10 Å². The maximum absolute atomic E-state index is 12.7. The number of carbonyl (C=O) groups excluding carboxylic acids is 1. The van der Waals surface area contributed by atoms with Crippen LogP contribution in [0.5, 0.6) is 0 Å². The van der Waals surface area contributed by atoms with Crippen LogP contribution in [0.15, 0.2) is 47.7 Å². The standard InChI is InChI=1S/C17H19N7O2.H2O/c1-2-24(17(26)13-3-4-16(25)20-10-13)15-9-12(5-7-19-15)14-11-23(8-6-18)22-21-14;/h3-5,7,9-11H,2,6,8,18H2,1H3,(H,20,25);1H2. The van der Waals surface area contributed by atoms with Crippen LogP contribution in [-0.2, 0) is 6.54 Å². The average Bonchev–Trinajstić information content (AvgIpc) is 3.12. The molecule has 0 saturated carbocycles. The van der Waals surface area contributed by atoms with Gasteiger partial charge in [0.25, 0.3) is 5.91 Å². The van der Waals surface area contributed by atoms with Crippen LogP contribution in [0.3, 0.4) is 0 Å². The highest BCUT2D eigenvalue weighted by atomic mass is 16.2. The Balaban J connectivity index is 0.00000261. The van der Waals surface area contributed by atoms with Crippen LogP contribution in [0.1, 0.15) is 17.3 Å². The molecular formula is C17H21N7O3. The van der Waals surface area contributed by atoms with E-state index in [0.717, 1.165) is 5.56 Å². The highest BCUT2D eigenvalue weighted by Gasteiger charge is 2.18. The maximum Gasteiger partial charge on any atom is 0.260 e. The average molecular weight is 371 g/mol. The SMILES string of the molecule is CCN(C(=O)c1ccc(=O)[nH]c1)c1cc(-c2cn(CCN)nn2)ccn1.O. The van der Waals surface area contributed by atoms with E-state index in [9.17, 15) is 9.59 Å². The molecule has 3 aromatic rings. The Bertz CT molecular complexity index is 946. The smallest absolute Gasteiger partial charge is 0.260 e. The summed E-state index contributed by atoms with van der Waals surface area (Å²) in [5.74, 6) is 0.245. The van der Waals surface area contributed by atoms with Crippen LogP contribution < -0.4 is 16.2 Å². The van der Waals surface area contributed by atoms with E-state index in [1.807, 2.05) is 6.92 Å². The zero-order valence-electron chi connectivity index (χ0n) is 14.8. The lowest BCUT2D eigenvalue weighted by atomic mass is 10.2. The Morgan fingerprint density at radius 1 is 1.33 bits per heavy atom. The number of aromatic amines is 1. The first-order valence-corrected chi connectivity index (χ1v) is 8.19. The van der Waals surface area contributed by atoms with Crippen LogP contribution in [0.25, 0.3) is 11.3 Å². The summed E-state index contributed by atoms with van der Waals surface area (Å²) in [5.41, 5.74) is 7.12. The van der Waals surface area contributed by atoms with Gasteiger partial charge in [-0.05, 0) is 25.1 Å². The Hall–Kier alpha value is -3.37. The molecule has 0 unspecified atom stereocenters. The summed E-state index contributed by atoms with van der Waals surface area (Å²) >= 11 is 0. The molecule has 10 nitrogen and oxygen atoms in total. The number of hydrogen-bond donors (Lipinski definition) is 2. The predicted octanol–water partition coefficient (Wildman–Crippen LogP) is -0.171. The van der Waals surface area contributed by atoms with Crippen LogP contribution >= 0.6 is 0 Å². The lowest BCUT2D eigenvalue weighted by Crippen LogP contribution is -2.31. The molecule has 0 aromatic carbocycles. The minimum Gasteiger partial charge on any atom is -0.412 e. The van der Waals surface area contributed by atoms with Crippen molar-refractivity contribution in [1.29, 1.82) is 0 Å². The third-order valence-electron chi connectivity index (χ3n) is 3.81. The Morgan fingerprint density at radius 2 is 2.15 bits per heavy atom. The van der Waals surface area contributed by atoms with Crippen molar-refractivity contribution >= 4 is 11.7 Å². The van der Waals surface area contributed by atoms with Crippen molar-refractivity contribution in [3.8, 4) is 11.3 Å². The van der Waals surface area contributed by atoms with Crippen molar-refractivity contribution in [3.63, 3.8) is 0 Å². The minimum atomic E-state index is -0.259. The summed E-state index contributed by atoms with van der Waals surface area (Å²) < 4.78 is 1.67. The fourth-order valence-electron chi connectivity index (χ4n) is 2.51. The highest BCUT2D eigenvalue weighted by molar-refractivity contribution is 6.05. The van der Waals surface area contributed by atoms with Crippen molar-refractivity contribution in [2.45, 2.75) is 13.5 Å². The molecule has 3 aromatic heterocycles. The molecule has 0 aliphatic carbocycles. The van der Waals surface area contributed by atoms with Crippen molar-refractivity contribution in [1.82, 2.24) is 25.0 Å². The fraction of sp³-hybridized carbons (Fsp3) is 0.235. The van der Waals surface area contributed by atoms with E-state index in [-0.39, 0.29) is 16.9 Å². The van der Waals surface area contributed by atoms with E-state index in [1.54, 1.807) is 29.2 Å². The quantitative estimate of drug-likeness (QED) is 0.613. The van der Waals surface area contributed by atoms with Gasteiger partial charge in [0.05, 0.1) is 18.3 Å². The third kappa shape index (κ3) is 4.43. The second kappa shape index (κ2) is 8.83. The summed E-state index contributed by atoms with van der Waals surface area (Å²) in [6.45, 7) is 3.34. The topological polar surface area (TPSA) is 154 Å². The Morgan fingerprint density at radius 3 is 2.81 bits per heavy atom. The van der Waals surface area contributed by atoms with E-state index in [0.29, 0.717) is 36.7 Å². The summed E-state index contributed by atoms with van der Waals surface area (Å²) in [6.07, 6.45) is 4.82. The monoisotopic (exact) mass is 371 g/mol. The first-order valence-electron chi connectivity index (χ1n) is 8.19. The molecule has 0 aliphatic heterocycles. The Kier molecular flexibility index (Phi) is 6.52. The summed E-state index contributed by atoms with van der Waals surface area (Å²) in [6, 6.07) is 6.40. The minimum absolute atomic E-state index is 0. The van der Waals surface area contributed by atoms with E-state index in [4.69, 9.17) is 5.73 Å². The van der Waals surface area contributed by atoms with Gasteiger partial charge in [0.2, 0.25) is 5.56 Å². The van der Waals surface area contributed by atoms with Gasteiger partial charge in [0.1, 0.15) is 11.5 Å². The van der Waals surface area contributed by atoms with Gasteiger partial charge in [-0.25, -0.2) is 4.98 Å². The second-order valence-corrected chi connectivity index (χ2v) is 5.55. The van der Waals surface area contributed by atoms with Crippen LogP contribution in [0.4, 0.5) is 5.82 Å². The molecule has 10 heteroatoms. The number of anilines is 1. The lowest BCUT2D eigenvalue weighted by Gasteiger charge is -2.20. The summed E-state index contributed by atoms with van der Waals surface area (Å²) in [5, 5.41) is 8.15. The predicted molar refractivity (Wildman–Crippen MR) is 100 cm³/mol. The first-order chi connectivity index (χ1) is 12.6. The normalized spacial score (nSPS) is 10.3. The lowest BCUT2D eigenvalue weighted by molar-refractivity contribution is 0.0987. The summed E-state index contributed by atoms with van der Waals surface area (Å²) in [7, 11) is 0. The zero-order chi connectivity index (χ0) is 18.5. The van der Waals surface area contributed by atoms with Crippen molar-refractivity contribution < 1.29 is 10.3 Å². The molecule has 3 rings (SSSR count). The molecule has 3 heterocycles. The van der Waals surface area contributed by atoms with Gasteiger partial charge in [-0.1, -0.05) is 5.21 Å². The van der Waals surface area contributed by atoms with Crippen molar-refractivity contribution in [3.05, 3.63) is 58.8 Å². The molecule has 0 spiro atoms. The van der Waals surface area contributed by atoms with Gasteiger partial charge in [0, 0.05) is 37.1 Å². The van der Waals surface area contributed by atoms with Gasteiger partial charge in [-0.3, -0.25) is 19.2 Å². The molecule has 0 saturated heterocycles. The first kappa shape index (κ1) is 19.9. The number of aromatic nitrogens is 5. The van der Waals surface area contributed by atoms with Gasteiger partial charge < -0.3 is 16.2 Å². The van der Waals surface area contributed by atoms with Crippen LogP contribution in [0.2, 0.25) is 0 Å². The number of nitrogens with zero attached hydrogens (tertiary/aromatic N) is 5. The number of hydrogen-bond acceptors (Lipinski definition) is 6. The van der Waals surface area contributed by atoms with Crippen molar-refractivity contribution in [2.75, 3.05) is 18.0 Å². The van der Waals surface area contributed by atoms with Crippen LogP contribution in [0, 0.1) is 0 Å². The van der Waals surface area contributed by atoms with E-state index >= 15 is 0 Å². The molecular weight excluding hydrogens is 350 g/mol. The summed E-state index contributed by atoms with van der Waals surface area (Å²) in [4.78, 5) is 32.3. The molecule has 0 fully saturated rings. The molecule has 5 N–H and O–H groups in total. The van der Waals surface area contributed by atoms with Gasteiger partial charge in [0.15, 0.2) is 0 Å². The number of rotatable bonds is 6. The molecule has 142 valence electrons. The molecule has 0 bridgehead atoms. The Labute approximate surface area is 155 Å². The highest BCUT2D eigenvalue weighted by Crippen LogP contribution is 2.22. The molecule has 0 aliphatic rings. The number of nitrogens with two attached hydrogens (primary N) is 1. The zero-order valence-corrected chi connectivity index (χ0v) is 14.8. The number of pyridine rings is 2. The fourth-order valence-corrected chi connectivity index (χ4v) is 2.51. The van der Waals surface area contributed by atoms with Gasteiger partial charge >= 0.3 is 0 Å². The van der Waals surface area contributed by atoms with E-state index in [1.165, 1.54) is 23.2 Å². The number of carbonyl (C=O) groups is 1. The molecule has 1 amide bonds. The third-order valence-corrected chi connectivity index (χ3v) is 3.81. The molecule has 27 heavy (non-hydrogen) atoms. The second-order valence-electron chi connectivity index (χ2n) is 5.55. The number of nitrogens with one attached hydrogen (secondary N) is 1. The van der Waals surface area contributed by atoms with Crippen molar-refractivity contribution in [2.24, 2.45) is 5.73 Å². The molecule has 0 atom stereocenters. The largest absolute Gasteiger partial charge is 0.412 e. The maximum atomic E-state index is 12.7. The van der Waals surface area contributed by atoms with Gasteiger partial charge in [-0.2, -0.15) is 0 Å². The number of amides is 1. The number of H-pyrrole nitrogens is 1.